The monoisotopic (exact) mass is 971 g/mol. The van der Waals surface area contributed by atoms with E-state index >= 15 is 0 Å². The van der Waals surface area contributed by atoms with Gasteiger partial charge in [-0.2, -0.15) is 0 Å². The first kappa shape index (κ1) is 62.0. The third-order valence-corrected chi connectivity index (χ3v) is 20.7. The van der Waals surface area contributed by atoms with Gasteiger partial charge in [-0.15, -0.1) is 0 Å². The summed E-state index contributed by atoms with van der Waals surface area (Å²) in [4.78, 5) is 0. The molecule has 4 fully saturated rings. The Morgan fingerprint density at radius 3 is 0.629 bits per heavy atom. The van der Waals surface area contributed by atoms with Crippen molar-refractivity contribution < 1.29 is 0 Å². The molecule has 0 radical (unpaired) electrons. The van der Waals surface area contributed by atoms with Gasteiger partial charge in [-0.25, -0.2) is 0 Å². The van der Waals surface area contributed by atoms with E-state index in [1.807, 2.05) is 22.3 Å². The number of allylic oxidation sites excluding steroid dienone is 4. The van der Waals surface area contributed by atoms with Crippen LogP contribution in [0, 0.1) is 29.1 Å². The molecular weight excluding hydrogens is 841 g/mol. The summed E-state index contributed by atoms with van der Waals surface area (Å²) in [5.74, 6) is 3.36. The van der Waals surface area contributed by atoms with Crippen molar-refractivity contribution in [2.24, 2.45) is 29.1 Å². The lowest BCUT2D eigenvalue weighted by Crippen LogP contribution is -2.34. The van der Waals surface area contributed by atoms with E-state index in [1.165, 1.54) is 366 Å². The van der Waals surface area contributed by atoms with Gasteiger partial charge in [0.25, 0.3) is 0 Å². The molecule has 0 heterocycles. The smallest absolute Gasteiger partial charge is 0.0151 e. The van der Waals surface area contributed by atoms with Crippen LogP contribution < -0.4 is 0 Å². The molecule has 410 valence electrons. The van der Waals surface area contributed by atoms with Crippen LogP contribution in [0.25, 0.3) is 0 Å². The molecular formula is C70H130. The summed E-state index contributed by atoms with van der Waals surface area (Å²) in [5.41, 5.74) is 7.90. The van der Waals surface area contributed by atoms with E-state index in [9.17, 15) is 0 Å². The molecule has 0 aromatic rings. The van der Waals surface area contributed by atoms with Crippen LogP contribution in [-0.2, 0) is 0 Å². The number of hydrogen-bond donors (Lipinski definition) is 0. The predicted molar refractivity (Wildman–Crippen MR) is 316 cm³/mol. The second-order valence-electron chi connectivity index (χ2n) is 25.9. The summed E-state index contributed by atoms with van der Waals surface area (Å²) in [5, 5.41) is 0. The van der Waals surface area contributed by atoms with Crippen molar-refractivity contribution in [2.75, 3.05) is 0 Å². The van der Waals surface area contributed by atoms with Crippen molar-refractivity contribution in [2.45, 2.75) is 394 Å². The lowest BCUT2D eigenvalue weighted by atomic mass is 9.60. The first-order valence-electron chi connectivity index (χ1n) is 33.9. The first-order chi connectivity index (χ1) is 34.6. The molecule has 0 amide bonds. The summed E-state index contributed by atoms with van der Waals surface area (Å²) in [6.45, 7) is 11.0. The van der Waals surface area contributed by atoms with Gasteiger partial charge in [-0.3, -0.25) is 0 Å². The Balaban J connectivity index is 1.67. The molecule has 4 aliphatic carbocycles. The Labute approximate surface area is 443 Å². The van der Waals surface area contributed by atoms with Gasteiger partial charge in [0.1, 0.15) is 0 Å². The molecule has 0 nitrogen and oxygen atoms in total. The minimum atomic E-state index is 0.282. The fraction of sp³-hybridized carbons (Fsp3) is 0.943. The molecule has 0 bridgehead atoms. The van der Waals surface area contributed by atoms with E-state index in [1.54, 1.807) is 0 Å². The molecule has 4 rings (SSSR count). The maximum atomic E-state index is 2.79. The van der Waals surface area contributed by atoms with Crippen molar-refractivity contribution in [3.8, 4) is 0 Å². The van der Waals surface area contributed by atoms with E-state index in [2.05, 4.69) is 27.7 Å². The van der Waals surface area contributed by atoms with Gasteiger partial charge < -0.3 is 0 Å². The second-order valence-corrected chi connectivity index (χ2v) is 25.9. The van der Waals surface area contributed by atoms with Gasteiger partial charge in [0.05, 0.1) is 0 Å². The molecule has 0 heteroatoms. The number of rotatable bonds is 4. The minimum Gasteiger partial charge on any atom is -0.0704 e. The van der Waals surface area contributed by atoms with Crippen molar-refractivity contribution in [1.29, 1.82) is 0 Å². The molecule has 2 unspecified atom stereocenters. The standard InChI is InChI=1S/C70H130/c1-62(66-54-48-42-36-30-24-18-12-7-5-8-13-19-25-31-37-43-49-55-66)64(3)70(61-60-68-58-52-46-40-34-28-22-16-11-17-23-29-35-41-47-53-59-69(68)70)65(4)63(2)67-56-50-44-38-32-26-20-14-9-6-10-15-21-27-33-39-45-51-57-67/h66-69H,5-61H2,1-4H3. The third-order valence-electron chi connectivity index (χ3n) is 20.7. The van der Waals surface area contributed by atoms with E-state index < -0.39 is 0 Å². The highest BCUT2D eigenvalue weighted by Crippen LogP contribution is 2.61. The Bertz CT molecular complexity index is 1150. The van der Waals surface area contributed by atoms with Crippen LogP contribution in [-0.4, -0.2) is 0 Å². The molecule has 70 heavy (non-hydrogen) atoms. The van der Waals surface area contributed by atoms with Gasteiger partial charge in [-0.05, 0) is 96.3 Å². The molecule has 4 saturated carbocycles. The van der Waals surface area contributed by atoms with Crippen LogP contribution in [0.4, 0.5) is 0 Å². The fourth-order valence-electron chi connectivity index (χ4n) is 15.6. The molecule has 4 aliphatic rings. The molecule has 0 aromatic carbocycles. The summed E-state index contributed by atoms with van der Waals surface area (Å²) in [6.07, 6.45) is 84.5. The SMILES string of the molecule is CC(=C(C)C1(C(C)=C(C)C2CCCCCCCCCCCCCCCCCCC2)CCC2CCCCCCCCCCCCCCCCCC21)C1CCCCCCCCCCCCCCCCCCC1. The minimum absolute atomic E-state index is 0.282. The third kappa shape index (κ3) is 25.8. The highest BCUT2D eigenvalue weighted by Gasteiger charge is 2.51. The summed E-state index contributed by atoms with van der Waals surface area (Å²) in [6, 6.07) is 0. The second kappa shape index (κ2) is 41.7. The van der Waals surface area contributed by atoms with Gasteiger partial charge in [-0.1, -0.05) is 343 Å². The Morgan fingerprint density at radius 1 is 0.214 bits per heavy atom. The van der Waals surface area contributed by atoms with Crippen LogP contribution in [0.5, 0.6) is 0 Å². The molecule has 0 N–H and O–H groups in total. The average Bonchev–Trinajstić information content (AvgIpc) is 3.73. The van der Waals surface area contributed by atoms with E-state index in [0.29, 0.717) is 0 Å². The lowest BCUT2D eigenvalue weighted by Gasteiger charge is -2.44. The predicted octanol–water partition coefficient (Wildman–Crippen LogP) is 25.4. The summed E-state index contributed by atoms with van der Waals surface area (Å²) >= 11 is 0. The highest BCUT2D eigenvalue weighted by molar-refractivity contribution is 5.38. The number of hydrogen-bond acceptors (Lipinski definition) is 0. The molecule has 0 aliphatic heterocycles. The van der Waals surface area contributed by atoms with Crippen LogP contribution in [0.1, 0.15) is 394 Å². The Morgan fingerprint density at radius 2 is 0.400 bits per heavy atom. The van der Waals surface area contributed by atoms with Crippen molar-refractivity contribution in [3.63, 3.8) is 0 Å². The zero-order chi connectivity index (χ0) is 49.4. The maximum Gasteiger partial charge on any atom is 0.0151 e. The number of fused-ring (bicyclic) bond motifs is 1. The highest BCUT2D eigenvalue weighted by atomic mass is 14.5. The van der Waals surface area contributed by atoms with Crippen LogP contribution >= 0.6 is 0 Å². The Kier molecular flexibility index (Phi) is 36.9. The zero-order valence-corrected chi connectivity index (χ0v) is 49.1. The van der Waals surface area contributed by atoms with Crippen molar-refractivity contribution >= 4 is 0 Å². The van der Waals surface area contributed by atoms with E-state index in [0.717, 1.165) is 23.7 Å². The molecule has 0 aromatic heterocycles. The molecule has 0 saturated heterocycles. The van der Waals surface area contributed by atoms with Gasteiger partial charge in [0.2, 0.25) is 0 Å². The fourth-order valence-corrected chi connectivity index (χ4v) is 15.6. The molecule has 0 spiro atoms. The van der Waals surface area contributed by atoms with Gasteiger partial charge in [0, 0.05) is 5.41 Å². The van der Waals surface area contributed by atoms with Crippen molar-refractivity contribution in [3.05, 3.63) is 22.3 Å². The lowest BCUT2D eigenvalue weighted by molar-refractivity contribution is 0.215. The summed E-state index contributed by atoms with van der Waals surface area (Å²) < 4.78 is 0. The summed E-state index contributed by atoms with van der Waals surface area (Å²) in [7, 11) is 0. The normalized spacial score (nSPS) is 29.1. The van der Waals surface area contributed by atoms with E-state index in [-0.39, 0.29) is 5.41 Å². The molecule has 2 atom stereocenters. The van der Waals surface area contributed by atoms with Crippen LogP contribution in [0.3, 0.4) is 0 Å². The largest absolute Gasteiger partial charge is 0.0704 e. The quantitative estimate of drug-likeness (QED) is 0.246. The van der Waals surface area contributed by atoms with Gasteiger partial charge in [0.15, 0.2) is 0 Å². The Hall–Kier alpha value is -0.520. The average molecular weight is 972 g/mol. The van der Waals surface area contributed by atoms with Crippen LogP contribution in [0.2, 0.25) is 0 Å². The van der Waals surface area contributed by atoms with Crippen molar-refractivity contribution in [1.82, 2.24) is 0 Å². The first-order valence-corrected chi connectivity index (χ1v) is 33.9. The van der Waals surface area contributed by atoms with Gasteiger partial charge >= 0.3 is 0 Å². The van der Waals surface area contributed by atoms with Crippen LogP contribution in [0.15, 0.2) is 22.3 Å². The zero-order valence-electron chi connectivity index (χ0n) is 49.1. The maximum absolute atomic E-state index is 2.79. The van der Waals surface area contributed by atoms with E-state index in [4.69, 9.17) is 0 Å². The topological polar surface area (TPSA) is 0 Å².